The summed E-state index contributed by atoms with van der Waals surface area (Å²) in [5, 5.41) is 5.96. The van der Waals surface area contributed by atoms with Gasteiger partial charge in [-0.1, -0.05) is 26.7 Å². The van der Waals surface area contributed by atoms with E-state index in [1.54, 1.807) is 0 Å². The van der Waals surface area contributed by atoms with Crippen molar-refractivity contribution in [3.8, 4) is 0 Å². The lowest BCUT2D eigenvalue weighted by atomic mass is 9.73. The summed E-state index contributed by atoms with van der Waals surface area (Å²) in [5.74, 6) is 0. The third-order valence-corrected chi connectivity index (χ3v) is 5.01. The maximum atomic E-state index is 3.77. The smallest absolute Gasteiger partial charge is 0.0305 e. The second-order valence-electron chi connectivity index (χ2n) is 5.69. The molecule has 0 saturated heterocycles. The lowest BCUT2D eigenvalue weighted by Crippen LogP contribution is -2.43. The second-order valence-corrected chi connectivity index (χ2v) is 6.70. The Balaban J connectivity index is 1.92. The summed E-state index contributed by atoms with van der Waals surface area (Å²) in [5.41, 5.74) is 1.91. The molecule has 1 aliphatic carbocycles. The lowest BCUT2D eigenvalue weighted by Gasteiger charge is -2.39. The molecule has 1 aromatic rings. The molecule has 1 atom stereocenters. The van der Waals surface area contributed by atoms with Gasteiger partial charge in [0, 0.05) is 17.5 Å². The number of hydrogen-bond donors (Lipinski definition) is 1. The summed E-state index contributed by atoms with van der Waals surface area (Å²) in [6.45, 7) is 8.08. The summed E-state index contributed by atoms with van der Waals surface area (Å²) < 4.78 is 0. The Bertz CT molecular complexity index is 340. The van der Waals surface area contributed by atoms with Gasteiger partial charge in [0.1, 0.15) is 0 Å². The van der Waals surface area contributed by atoms with Gasteiger partial charge in [-0.15, -0.1) is 11.3 Å². The maximum Gasteiger partial charge on any atom is 0.0305 e. The van der Waals surface area contributed by atoms with E-state index in [1.165, 1.54) is 36.1 Å². The Morgan fingerprint density at radius 3 is 2.88 bits per heavy atom. The van der Waals surface area contributed by atoms with E-state index in [1.807, 2.05) is 11.3 Å². The first-order valence-electron chi connectivity index (χ1n) is 6.36. The van der Waals surface area contributed by atoms with Crippen molar-refractivity contribution in [1.82, 2.24) is 5.32 Å². The first-order chi connectivity index (χ1) is 7.59. The van der Waals surface area contributed by atoms with E-state index in [0.29, 0.717) is 11.5 Å². The van der Waals surface area contributed by atoms with Crippen molar-refractivity contribution in [2.24, 2.45) is 5.41 Å². The van der Waals surface area contributed by atoms with E-state index in [2.05, 4.69) is 37.5 Å². The predicted octanol–water partition coefficient (Wildman–Crippen LogP) is 4.11. The normalized spacial score (nSPS) is 24.6. The molecule has 2 heteroatoms. The third kappa shape index (κ3) is 2.67. The van der Waals surface area contributed by atoms with Crippen LogP contribution in [-0.2, 0) is 6.54 Å². The maximum absolute atomic E-state index is 3.77. The molecule has 0 bridgehead atoms. The van der Waals surface area contributed by atoms with E-state index in [-0.39, 0.29) is 0 Å². The molecule has 1 heterocycles. The van der Waals surface area contributed by atoms with Crippen molar-refractivity contribution in [3.05, 3.63) is 21.9 Å². The van der Waals surface area contributed by atoms with Crippen molar-refractivity contribution >= 4 is 11.3 Å². The predicted molar refractivity (Wildman–Crippen MR) is 71.9 cm³/mol. The molecule has 0 aromatic carbocycles. The van der Waals surface area contributed by atoms with Crippen LogP contribution in [0.4, 0.5) is 0 Å². The van der Waals surface area contributed by atoms with E-state index in [9.17, 15) is 0 Å². The fraction of sp³-hybridized carbons (Fsp3) is 0.714. The molecular weight excluding hydrogens is 214 g/mol. The van der Waals surface area contributed by atoms with Crippen molar-refractivity contribution in [1.29, 1.82) is 0 Å². The van der Waals surface area contributed by atoms with Gasteiger partial charge in [-0.2, -0.15) is 0 Å². The SMILES string of the molecule is Cc1ccsc1CNC1CCCCC1(C)C. The zero-order valence-corrected chi connectivity index (χ0v) is 11.5. The molecule has 1 nitrogen and oxygen atoms in total. The number of aryl methyl sites for hydroxylation is 1. The zero-order chi connectivity index (χ0) is 11.6. The van der Waals surface area contributed by atoms with Gasteiger partial charge < -0.3 is 5.32 Å². The summed E-state index contributed by atoms with van der Waals surface area (Å²) >= 11 is 1.88. The number of rotatable bonds is 3. The van der Waals surface area contributed by atoms with Crippen LogP contribution in [-0.4, -0.2) is 6.04 Å². The molecule has 90 valence electrons. The average molecular weight is 237 g/mol. The number of nitrogens with one attached hydrogen (secondary N) is 1. The Kier molecular flexibility index (Phi) is 3.70. The van der Waals surface area contributed by atoms with Crippen molar-refractivity contribution in [2.75, 3.05) is 0 Å². The van der Waals surface area contributed by atoms with E-state index in [0.717, 1.165) is 6.54 Å². The highest BCUT2D eigenvalue weighted by atomic mass is 32.1. The van der Waals surface area contributed by atoms with Gasteiger partial charge in [0.25, 0.3) is 0 Å². The first kappa shape index (κ1) is 12.1. The summed E-state index contributed by atoms with van der Waals surface area (Å²) in [6.07, 6.45) is 5.51. The Hall–Kier alpha value is -0.340. The summed E-state index contributed by atoms with van der Waals surface area (Å²) in [6, 6.07) is 2.91. The molecule has 1 N–H and O–H groups in total. The quantitative estimate of drug-likeness (QED) is 0.834. The summed E-state index contributed by atoms with van der Waals surface area (Å²) in [4.78, 5) is 1.50. The van der Waals surface area contributed by atoms with Crippen LogP contribution in [0.5, 0.6) is 0 Å². The highest BCUT2D eigenvalue weighted by Gasteiger charge is 2.31. The van der Waals surface area contributed by atoms with Gasteiger partial charge in [-0.05, 0) is 42.2 Å². The molecule has 1 saturated carbocycles. The van der Waals surface area contributed by atoms with E-state index < -0.39 is 0 Å². The minimum atomic E-state index is 0.476. The second kappa shape index (κ2) is 4.89. The molecule has 0 amide bonds. The summed E-state index contributed by atoms with van der Waals surface area (Å²) in [7, 11) is 0. The topological polar surface area (TPSA) is 12.0 Å². The zero-order valence-electron chi connectivity index (χ0n) is 10.7. The van der Waals surface area contributed by atoms with Crippen molar-refractivity contribution in [2.45, 2.75) is 59.0 Å². The van der Waals surface area contributed by atoms with Crippen LogP contribution in [0.3, 0.4) is 0 Å². The molecule has 1 fully saturated rings. The highest BCUT2D eigenvalue weighted by molar-refractivity contribution is 7.10. The number of thiophene rings is 1. The molecule has 0 radical (unpaired) electrons. The van der Waals surface area contributed by atoms with Gasteiger partial charge >= 0.3 is 0 Å². The molecule has 0 aliphatic heterocycles. The Labute approximate surface area is 103 Å². The van der Waals surface area contributed by atoms with Gasteiger partial charge in [0.2, 0.25) is 0 Å². The monoisotopic (exact) mass is 237 g/mol. The minimum Gasteiger partial charge on any atom is -0.309 e. The van der Waals surface area contributed by atoms with Gasteiger partial charge in [0.05, 0.1) is 0 Å². The molecule has 0 spiro atoms. The van der Waals surface area contributed by atoms with Gasteiger partial charge in [-0.3, -0.25) is 0 Å². The highest BCUT2D eigenvalue weighted by Crippen LogP contribution is 2.35. The fourth-order valence-electron chi connectivity index (χ4n) is 2.67. The Morgan fingerprint density at radius 2 is 2.25 bits per heavy atom. The van der Waals surface area contributed by atoms with Crippen LogP contribution >= 0.6 is 11.3 Å². The lowest BCUT2D eigenvalue weighted by molar-refractivity contribution is 0.167. The molecular formula is C14H23NS. The first-order valence-corrected chi connectivity index (χ1v) is 7.24. The molecule has 1 unspecified atom stereocenters. The largest absolute Gasteiger partial charge is 0.309 e. The molecule has 2 rings (SSSR count). The van der Waals surface area contributed by atoms with Gasteiger partial charge in [0.15, 0.2) is 0 Å². The van der Waals surface area contributed by atoms with Crippen LogP contribution in [0.25, 0.3) is 0 Å². The molecule has 1 aliphatic rings. The van der Waals surface area contributed by atoms with Crippen LogP contribution in [0, 0.1) is 12.3 Å². The molecule has 1 aromatic heterocycles. The van der Waals surface area contributed by atoms with Crippen LogP contribution in [0.2, 0.25) is 0 Å². The third-order valence-electron chi connectivity index (χ3n) is 3.98. The average Bonchev–Trinajstić information content (AvgIpc) is 2.62. The fourth-order valence-corrected chi connectivity index (χ4v) is 3.53. The minimum absolute atomic E-state index is 0.476. The molecule has 16 heavy (non-hydrogen) atoms. The van der Waals surface area contributed by atoms with Crippen LogP contribution in [0.15, 0.2) is 11.4 Å². The van der Waals surface area contributed by atoms with Crippen LogP contribution < -0.4 is 5.32 Å². The van der Waals surface area contributed by atoms with E-state index >= 15 is 0 Å². The van der Waals surface area contributed by atoms with Crippen LogP contribution in [0.1, 0.15) is 50.0 Å². The Morgan fingerprint density at radius 1 is 1.44 bits per heavy atom. The number of hydrogen-bond acceptors (Lipinski definition) is 2. The van der Waals surface area contributed by atoms with Gasteiger partial charge in [-0.25, -0.2) is 0 Å². The van der Waals surface area contributed by atoms with Crippen molar-refractivity contribution in [3.63, 3.8) is 0 Å². The van der Waals surface area contributed by atoms with Crippen molar-refractivity contribution < 1.29 is 0 Å². The van der Waals surface area contributed by atoms with E-state index in [4.69, 9.17) is 0 Å². The standard InChI is InChI=1S/C14H23NS/c1-11-7-9-16-12(11)10-15-13-6-4-5-8-14(13,2)3/h7,9,13,15H,4-6,8,10H2,1-3H3.